The van der Waals surface area contributed by atoms with Crippen molar-refractivity contribution < 1.29 is 9.53 Å². The van der Waals surface area contributed by atoms with Crippen molar-refractivity contribution in [2.45, 2.75) is 26.2 Å². The summed E-state index contributed by atoms with van der Waals surface area (Å²) in [7, 11) is 1.85. The number of unbranched alkanes of at least 4 members (excludes halogenated alkanes) is 2. The van der Waals surface area contributed by atoms with E-state index in [-0.39, 0.29) is 5.97 Å². The van der Waals surface area contributed by atoms with Crippen LogP contribution in [0.5, 0.6) is 0 Å². The second-order valence-electron chi connectivity index (χ2n) is 3.67. The molecule has 1 N–H and O–H groups in total. The number of carbonyl (C=O) groups excluding carboxylic acids is 1. The van der Waals surface area contributed by atoms with Crippen LogP contribution in [0.15, 0.2) is 24.3 Å². The first-order chi connectivity index (χ1) is 7.77. The molecule has 0 aliphatic heterocycles. The van der Waals surface area contributed by atoms with E-state index >= 15 is 0 Å². The van der Waals surface area contributed by atoms with Gasteiger partial charge in [-0.25, -0.2) is 4.79 Å². The molecule has 0 atom stereocenters. The van der Waals surface area contributed by atoms with Gasteiger partial charge in [0.2, 0.25) is 0 Å². The maximum Gasteiger partial charge on any atom is 0.338 e. The Labute approximate surface area is 96.8 Å². The van der Waals surface area contributed by atoms with Crippen molar-refractivity contribution in [3.8, 4) is 0 Å². The van der Waals surface area contributed by atoms with Crippen LogP contribution in [0.4, 0.5) is 5.69 Å². The number of nitrogens with one attached hydrogen (secondary N) is 1. The maximum absolute atomic E-state index is 11.6. The van der Waals surface area contributed by atoms with Crippen LogP contribution in [0, 0.1) is 0 Å². The molecule has 0 saturated carbocycles. The Morgan fingerprint density at radius 3 is 2.50 bits per heavy atom. The molecule has 0 saturated heterocycles. The molecule has 0 spiro atoms. The van der Waals surface area contributed by atoms with Crippen LogP contribution in [0.2, 0.25) is 0 Å². The van der Waals surface area contributed by atoms with Crippen molar-refractivity contribution in [3.63, 3.8) is 0 Å². The fourth-order valence-electron chi connectivity index (χ4n) is 1.37. The number of benzene rings is 1. The summed E-state index contributed by atoms with van der Waals surface area (Å²) < 4.78 is 5.14. The van der Waals surface area contributed by atoms with Crippen LogP contribution in [-0.2, 0) is 4.74 Å². The van der Waals surface area contributed by atoms with Crippen LogP contribution in [0.1, 0.15) is 36.5 Å². The van der Waals surface area contributed by atoms with Crippen LogP contribution in [0.3, 0.4) is 0 Å². The minimum atomic E-state index is -0.237. The van der Waals surface area contributed by atoms with Gasteiger partial charge in [-0.1, -0.05) is 19.8 Å². The predicted molar refractivity (Wildman–Crippen MR) is 65.8 cm³/mol. The summed E-state index contributed by atoms with van der Waals surface area (Å²) >= 11 is 0. The van der Waals surface area contributed by atoms with Crippen molar-refractivity contribution in [3.05, 3.63) is 29.8 Å². The van der Waals surface area contributed by atoms with Gasteiger partial charge in [0.25, 0.3) is 0 Å². The van der Waals surface area contributed by atoms with E-state index in [9.17, 15) is 4.79 Å². The van der Waals surface area contributed by atoms with E-state index < -0.39 is 0 Å². The molecule has 0 amide bonds. The van der Waals surface area contributed by atoms with Gasteiger partial charge < -0.3 is 10.1 Å². The Morgan fingerprint density at radius 1 is 1.25 bits per heavy atom. The molecule has 1 aromatic rings. The van der Waals surface area contributed by atoms with Gasteiger partial charge in [-0.3, -0.25) is 0 Å². The van der Waals surface area contributed by atoms with Gasteiger partial charge in [-0.05, 0) is 30.7 Å². The summed E-state index contributed by atoms with van der Waals surface area (Å²) in [5.74, 6) is -0.237. The zero-order valence-electron chi connectivity index (χ0n) is 9.95. The standard InChI is InChI=1S/C13H19NO2/c1-3-4-5-10-16-13(15)11-6-8-12(14-2)9-7-11/h6-9,14H,3-5,10H2,1-2H3. The molecule has 3 nitrogen and oxygen atoms in total. The van der Waals surface area contributed by atoms with E-state index in [2.05, 4.69) is 12.2 Å². The third-order valence-electron chi connectivity index (χ3n) is 2.39. The first kappa shape index (κ1) is 12.6. The van der Waals surface area contributed by atoms with Crippen molar-refractivity contribution in [2.75, 3.05) is 19.0 Å². The molecule has 0 bridgehead atoms. The van der Waals surface area contributed by atoms with Crippen LogP contribution < -0.4 is 5.32 Å². The van der Waals surface area contributed by atoms with Gasteiger partial charge in [0, 0.05) is 12.7 Å². The molecule has 0 heterocycles. The van der Waals surface area contributed by atoms with E-state index in [4.69, 9.17) is 4.74 Å². The smallest absolute Gasteiger partial charge is 0.338 e. The number of esters is 1. The van der Waals surface area contributed by atoms with Gasteiger partial charge in [0.05, 0.1) is 12.2 Å². The highest BCUT2D eigenvalue weighted by Gasteiger charge is 2.05. The third kappa shape index (κ3) is 3.93. The molecule has 0 aromatic heterocycles. The fraction of sp³-hybridized carbons (Fsp3) is 0.462. The Bertz CT molecular complexity index is 319. The monoisotopic (exact) mass is 221 g/mol. The number of ether oxygens (including phenoxy) is 1. The maximum atomic E-state index is 11.6. The lowest BCUT2D eigenvalue weighted by atomic mass is 10.2. The van der Waals surface area contributed by atoms with Gasteiger partial charge in [-0.15, -0.1) is 0 Å². The molecule has 1 aromatic carbocycles. The molecule has 0 aliphatic carbocycles. The third-order valence-corrected chi connectivity index (χ3v) is 2.39. The lowest BCUT2D eigenvalue weighted by Gasteiger charge is -2.05. The summed E-state index contributed by atoms with van der Waals surface area (Å²) in [6.07, 6.45) is 3.18. The lowest BCUT2D eigenvalue weighted by Crippen LogP contribution is -2.06. The zero-order chi connectivity index (χ0) is 11.8. The topological polar surface area (TPSA) is 38.3 Å². The predicted octanol–water partition coefficient (Wildman–Crippen LogP) is 3.08. The highest BCUT2D eigenvalue weighted by Crippen LogP contribution is 2.09. The highest BCUT2D eigenvalue weighted by molar-refractivity contribution is 5.89. The highest BCUT2D eigenvalue weighted by atomic mass is 16.5. The molecule has 1 rings (SSSR count). The van der Waals surface area contributed by atoms with Crippen molar-refractivity contribution >= 4 is 11.7 Å². The summed E-state index contributed by atoms with van der Waals surface area (Å²) in [5.41, 5.74) is 1.60. The molecule has 0 radical (unpaired) electrons. The van der Waals surface area contributed by atoms with E-state index in [0.717, 1.165) is 24.9 Å². The van der Waals surface area contributed by atoms with E-state index in [1.807, 2.05) is 19.2 Å². The molecule has 16 heavy (non-hydrogen) atoms. The first-order valence-electron chi connectivity index (χ1n) is 5.73. The molecule has 88 valence electrons. The largest absolute Gasteiger partial charge is 0.462 e. The summed E-state index contributed by atoms with van der Waals surface area (Å²) in [5, 5.41) is 3.00. The zero-order valence-corrected chi connectivity index (χ0v) is 9.95. The SMILES string of the molecule is CCCCCOC(=O)c1ccc(NC)cc1. The normalized spacial score (nSPS) is 9.88. The molecule has 3 heteroatoms. The average Bonchev–Trinajstić information content (AvgIpc) is 2.34. The van der Waals surface area contributed by atoms with Gasteiger partial charge in [0.15, 0.2) is 0 Å². The summed E-state index contributed by atoms with van der Waals surface area (Å²) in [6, 6.07) is 7.27. The number of carbonyl (C=O) groups is 1. The minimum absolute atomic E-state index is 0.237. The van der Waals surface area contributed by atoms with Crippen molar-refractivity contribution in [2.24, 2.45) is 0 Å². The van der Waals surface area contributed by atoms with Crippen LogP contribution >= 0.6 is 0 Å². The summed E-state index contributed by atoms with van der Waals surface area (Å²) in [4.78, 5) is 11.6. The van der Waals surface area contributed by atoms with E-state index in [0.29, 0.717) is 12.2 Å². The number of anilines is 1. The lowest BCUT2D eigenvalue weighted by molar-refractivity contribution is 0.0498. The van der Waals surface area contributed by atoms with E-state index in [1.54, 1.807) is 12.1 Å². The minimum Gasteiger partial charge on any atom is -0.462 e. The summed E-state index contributed by atoms with van der Waals surface area (Å²) in [6.45, 7) is 2.64. The number of hydrogen-bond acceptors (Lipinski definition) is 3. The Hall–Kier alpha value is -1.51. The van der Waals surface area contributed by atoms with Gasteiger partial charge in [0.1, 0.15) is 0 Å². The van der Waals surface area contributed by atoms with E-state index in [1.165, 1.54) is 0 Å². The van der Waals surface area contributed by atoms with Crippen LogP contribution in [-0.4, -0.2) is 19.6 Å². The van der Waals surface area contributed by atoms with Gasteiger partial charge >= 0.3 is 5.97 Å². The Balaban J connectivity index is 2.40. The molecule has 0 aliphatic rings. The molecule has 0 unspecified atom stereocenters. The molecule has 0 fully saturated rings. The molecular formula is C13H19NO2. The first-order valence-corrected chi connectivity index (χ1v) is 5.73. The quantitative estimate of drug-likeness (QED) is 0.592. The second-order valence-corrected chi connectivity index (χ2v) is 3.67. The van der Waals surface area contributed by atoms with Gasteiger partial charge in [-0.2, -0.15) is 0 Å². The van der Waals surface area contributed by atoms with Crippen molar-refractivity contribution in [1.29, 1.82) is 0 Å². The molecular weight excluding hydrogens is 202 g/mol. The number of hydrogen-bond donors (Lipinski definition) is 1. The Morgan fingerprint density at radius 2 is 1.94 bits per heavy atom. The van der Waals surface area contributed by atoms with Crippen molar-refractivity contribution in [1.82, 2.24) is 0 Å². The second kappa shape index (κ2) is 6.88. The number of rotatable bonds is 6. The average molecular weight is 221 g/mol. The van der Waals surface area contributed by atoms with Crippen LogP contribution in [0.25, 0.3) is 0 Å². The Kier molecular flexibility index (Phi) is 5.40. The fourth-order valence-corrected chi connectivity index (χ4v) is 1.37.